The second kappa shape index (κ2) is 8.24. The average Bonchev–Trinajstić information content (AvgIpc) is 3.18. The van der Waals surface area contributed by atoms with Gasteiger partial charge in [-0.25, -0.2) is 0 Å². The molecule has 0 saturated carbocycles. The summed E-state index contributed by atoms with van der Waals surface area (Å²) >= 11 is 4.96. The second-order valence-electron chi connectivity index (χ2n) is 5.63. The van der Waals surface area contributed by atoms with Gasteiger partial charge in [-0.1, -0.05) is 5.16 Å². The van der Waals surface area contributed by atoms with Crippen molar-refractivity contribution in [3.63, 3.8) is 0 Å². The van der Waals surface area contributed by atoms with Crippen LogP contribution in [0.5, 0.6) is 0 Å². The van der Waals surface area contributed by atoms with E-state index < -0.39 is 0 Å². The van der Waals surface area contributed by atoms with Crippen molar-refractivity contribution in [3.8, 4) is 10.6 Å². The molecule has 1 aliphatic heterocycles. The van der Waals surface area contributed by atoms with E-state index in [1.165, 1.54) is 11.3 Å². The molecule has 0 spiro atoms. The summed E-state index contributed by atoms with van der Waals surface area (Å²) in [6, 6.07) is 3.87. The van der Waals surface area contributed by atoms with Crippen LogP contribution in [0.4, 0.5) is 0 Å². The molecule has 1 aliphatic rings. The smallest absolute Gasteiger partial charge is 0.257 e. The number of hydrogen-bond acceptors (Lipinski definition) is 6. The summed E-state index contributed by atoms with van der Waals surface area (Å²) in [7, 11) is 0. The summed E-state index contributed by atoms with van der Waals surface area (Å²) in [5.74, 6) is 0.412. The van der Waals surface area contributed by atoms with Gasteiger partial charge in [0.1, 0.15) is 17.0 Å². The fourth-order valence-electron chi connectivity index (χ4n) is 2.67. The van der Waals surface area contributed by atoms with E-state index in [-0.39, 0.29) is 5.91 Å². The Morgan fingerprint density at radius 2 is 2.21 bits per heavy atom. The molecule has 130 valence electrons. The molecular formula is C16H20BrN3O3S. The molecule has 0 radical (unpaired) electrons. The molecule has 8 heteroatoms. The van der Waals surface area contributed by atoms with Gasteiger partial charge < -0.3 is 14.6 Å². The van der Waals surface area contributed by atoms with Crippen molar-refractivity contribution in [3.05, 3.63) is 27.2 Å². The lowest BCUT2D eigenvalue weighted by Crippen LogP contribution is -2.38. The summed E-state index contributed by atoms with van der Waals surface area (Å²) in [4.78, 5) is 15.8. The van der Waals surface area contributed by atoms with E-state index in [4.69, 9.17) is 9.26 Å². The lowest BCUT2D eigenvalue weighted by molar-refractivity contribution is 0.0374. The van der Waals surface area contributed by atoms with Crippen LogP contribution < -0.4 is 5.32 Å². The minimum atomic E-state index is -0.129. The van der Waals surface area contributed by atoms with Crippen LogP contribution in [-0.2, 0) is 4.74 Å². The number of morpholine rings is 1. The fourth-order valence-corrected chi connectivity index (χ4v) is 4.04. The first-order valence-corrected chi connectivity index (χ1v) is 9.56. The predicted octanol–water partition coefficient (Wildman–Crippen LogP) is 2.93. The number of aryl methyl sites for hydroxylation is 1. The number of rotatable bonds is 6. The number of nitrogens with zero attached hydrogens (tertiary/aromatic N) is 2. The van der Waals surface area contributed by atoms with Gasteiger partial charge in [-0.3, -0.25) is 9.69 Å². The Kier molecular flexibility index (Phi) is 6.04. The van der Waals surface area contributed by atoms with E-state index in [2.05, 4.69) is 31.3 Å². The summed E-state index contributed by atoms with van der Waals surface area (Å²) in [6.07, 6.45) is 0.913. The van der Waals surface area contributed by atoms with Crippen molar-refractivity contribution in [1.82, 2.24) is 15.4 Å². The van der Waals surface area contributed by atoms with Crippen LogP contribution in [0.2, 0.25) is 0 Å². The zero-order chi connectivity index (χ0) is 16.9. The van der Waals surface area contributed by atoms with E-state index in [9.17, 15) is 4.79 Å². The zero-order valence-corrected chi connectivity index (χ0v) is 15.9. The van der Waals surface area contributed by atoms with Gasteiger partial charge in [0.05, 0.1) is 21.9 Å². The molecule has 24 heavy (non-hydrogen) atoms. The van der Waals surface area contributed by atoms with Gasteiger partial charge in [0.2, 0.25) is 0 Å². The standard InChI is InChI=1S/C16H20BrN3O3S/c1-11-14(15(19-23-11)12-3-4-13(17)24-12)16(21)18-5-2-6-20-7-9-22-10-8-20/h3-4H,2,5-10H2,1H3,(H,18,21). The van der Waals surface area contributed by atoms with Gasteiger partial charge in [-0.15, -0.1) is 11.3 Å². The summed E-state index contributed by atoms with van der Waals surface area (Å²) in [6.45, 7) is 6.90. The molecule has 1 fully saturated rings. The number of halogens is 1. The summed E-state index contributed by atoms with van der Waals surface area (Å²) in [5, 5.41) is 7.03. The SMILES string of the molecule is Cc1onc(-c2ccc(Br)s2)c1C(=O)NCCCN1CCOCC1. The van der Waals surface area contributed by atoms with Crippen molar-refractivity contribution >= 4 is 33.2 Å². The van der Waals surface area contributed by atoms with Crippen LogP contribution in [0.15, 0.2) is 20.4 Å². The monoisotopic (exact) mass is 413 g/mol. The van der Waals surface area contributed by atoms with Crippen molar-refractivity contribution in [2.45, 2.75) is 13.3 Å². The molecule has 6 nitrogen and oxygen atoms in total. The molecule has 0 atom stereocenters. The van der Waals surface area contributed by atoms with Gasteiger partial charge in [-0.05, 0) is 48.0 Å². The molecule has 1 saturated heterocycles. The Morgan fingerprint density at radius 3 is 2.92 bits per heavy atom. The van der Waals surface area contributed by atoms with Gasteiger partial charge in [0.15, 0.2) is 0 Å². The third-order valence-electron chi connectivity index (χ3n) is 3.94. The molecule has 0 aromatic carbocycles. The van der Waals surface area contributed by atoms with Gasteiger partial charge in [0, 0.05) is 19.6 Å². The Bertz CT molecular complexity index is 695. The number of nitrogens with one attached hydrogen (secondary N) is 1. The van der Waals surface area contributed by atoms with E-state index in [0.717, 1.165) is 47.9 Å². The first kappa shape index (κ1) is 17.6. The Hall–Kier alpha value is -1.22. The number of hydrogen-bond donors (Lipinski definition) is 1. The maximum Gasteiger partial charge on any atom is 0.257 e. The fraction of sp³-hybridized carbons (Fsp3) is 0.500. The third kappa shape index (κ3) is 4.24. The van der Waals surface area contributed by atoms with Crippen LogP contribution in [0.3, 0.4) is 0 Å². The largest absolute Gasteiger partial charge is 0.379 e. The normalized spacial score (nSPS) is 15.6. The van der Waals surface area contributed by atoms with Crippen molar-refractivity contribution in [2.24, 2.45) is 0 Å². The van der Waals surface area contributed by atoms with E-state index in [0.29, 0.717) is 23.6 Å². The molecule has 1 N–H and O–H groups in total. The number of ether oxygens (including phenoxy) is 1. The van der Waals surface area contributed by atoms with Gasteiger partial charge >= 0.3 is 0 Å². The summed E-state index contributed by atoms with van der Waals surface area (Å²) in [5.41, 5.74) is 1.13. The van der Waals surface area contributed by atoms with Crippen molar-refractivity contribution < 1.29 is 14.1 Å². The quantitative estimate of drug-likeness (QED) is 0.737. The van der Waals surface area contributed by atoms with Crippen molar-refractivity contribution in [2.75, 3.05) is 39.4 Å². The molecule has 2 aromatic rings. The summed E-state index contributed by atoms with van der Waals surface area (Å²) < 4.78 is 11.6. The molecule has 3 heterocycles. The first-order valence-electron chi connectivity index (χ1n) is 7.95. The first-order chi connectivity index (χ1) is 11.6. The molecule has 0 aliphatic carbocycles. The molecular weight excluding hydrogens is 394 g/mol. The van der Waals surface area contributed by atoms with Crippen LogP contribution in [0.25, 0.3) is 10.6 Å². The molecule has 0 bridgehead atoms. The van der Waals surface area contributed by atoms with E-state index >= 15 is 0 Å². The van der Waals surface area contributed by atoms with E-state index in [1.807, 2.05) is 12.1 Å². The second-order valence-corrected chi connectivity index (χ2v) is 8.09. The number of thiophene rings is 1. The lowest BCUT2D eigenvalue weighted by Gasteiger charge is -2.26. The maximum atomic E-state index is 12.5. The number of amides is 1. The third-order valence-corrected chi connectivity index (χ3v) is 5.57. The van der Waals surface area contributed by atoms with Crippen molar-refractivity contribution in [1.29, 1.82) is 0 Å². The molecule has 1 amide bonds. The lowest BCUT2D eigenvalue weighted by atomic mass is 10.1. The van der Waals surface area contributed by atoms with Crippen LogP contribution in [-0.4, -0.2) is 55.4 Å². The van der Waals surface area contributed by atoms with Crippen LogP contribution >= 0.6 is 27.3 Å². The molecule has 0 unspecified atom stereocenters. The predicted molar refractivity (Wildman–Crippen MR) is 96.5 cm³/mol. The minimum absolute atomic E-state index is 0.129. The number of carbonyl (C=O) groups excluding carboxylic acids is 1. The highest BCUT2D eigenvalue weighted by Gasteiger charge is 2.22. The van der Waals surface area contributed by atoms with Crippen LogP contribution in [0, 0.1) is 6.92 Å². The Balaban J connectivity index is 1.56. The average molecular weight is 414 g/mol. The Labute approximate surface area is 153 Å². The highest BCUT2D eigenvalue weighted by Crippen LogP contribution is 2.33. The van der Waals surface area contributed by atoms with Gasteiger partial charge in [0.25, 0.3) is 5.91 Å². The van der Waals surface area contributed by atoms with Gasteiger partial charge in [-0.2, -0.15) is 0 Å². The number of aromatic nitrogens is 1. The molecule has 2 aromatic heterocycles. The Morgan fingerprint density at radius 1 is 1.42 bits per heavy atom. The molecule has 3 rings (SSSR count). The van der Waals surface area contributed by atoms with E-state index in [1.54, 1.807) is 6.92 Å². The number of carbonyl (C=O) groups is 1. The zero-order valence-electron chi connectivity index (χ0n) is 13.5. The topological polar surface area (TPSA) is 67.6 Å². The minimum Gasteiger partial charge on any atom is -0.379 e. The maximum absolute atomic E-state index is 12.5. The highest BCUT2D eigenvalue weighted by molar-refractivity contribution is 9.11. The van der Waals surface area contributed by atoms with Crippen LogP contribution in [0.1, 0.15) is 22.5 Å². The highest BCUT2D eigenvalue weighted by atomic mass is 79.9.